The van der Waals surface area contributed by atoms with Gasteiger partial charge in [-0.2, -0.15) is 0 Å². The summed E-state index contributed by atoms with van der Waals surface area (Å²) in [6.07, 6.45) is 0.818. The van der Waals surface area contributed by atoms with Crippen LogP contribution in [0.3, 0.4) is 0 Å². The maximum atomic E-state index is 12.9. The summed E-state index contributed by atoms with van der Waals surface area (Å²) in [5.74, 6) is -0.193. The van der Waals surface area contributed by atoms with Gasteiger partial charge >= 0.3 is 0 Å². The fourth-order valence-corrected chi connectivity index (χ4v) is 4.01. The largest absolute Gasteiger partial charge is 0.348 e. The van der Waals surface area contributed by atoms with E-state index in [2.05, 4.69) is 21.2 Å². The second kappa shape index (κ2) is 8.39. The van der Waals surface area contributed by atoms with E-state index >= 15 is 0 Å². The molecule has 1 N–H and O–H groups in total. The highest BCUT2D eigenvalue weighted by Gasteiger charge is 2.25. The molecule has 0 aromatic heterocycles. The van der Waals surface area contributed by atoms with E-state index in [1.165, 1.54) is 0 Å². The molecule has 6 heteroatoms. The summed E-state index contributed by atoms with van der Waals surface area (Å²) in [5.41, 5.74) is 4.17. The van der Waals surface area contributed by atoms with Crippen molar-refractivity contribution in [3.05, 3.63) is 98.5 Å². The summed E-state index contributed by atoms with van der Waals surface area (Å²) >= 11 is 9.33. The molecule has 1 aliphatic rings. The predicted molar refractivity (Wildman–Crippen MR) is 119 cm³/mol. The molecule has 0 aliphatic carbocycles. The fourth-order valence-electron chi connectivity index (χ4n) is 3.42. The molecule has 2 amide bonds. The number of hydrogen-bond donors (Lipinski definition) is 1. The quantitative estimate of drug-likeness (QED) is 0.568. The molecule has 146 valence electrons. The lowest BCUT2D eigenvalue weighted by atomic mass is 10.1. The van der Waals surface area contributed by atoms with Gasteiger partial charge in [0, 0.05) is 33.8 Å². The first-order chi connectivity index (χ1) is 14.0. The zero-order chi connectivity index (χ0) is 20.4. The second-order valence-corrected chi connectivity index (χ2v) is 8.13. The molecule has 0 bridgehead atoms. The lowest BCUT2D eigenvalue weighted by Gasteiger charge is -2.18. The van der Waals surface area contributed by atoms with Gasteiger partial charge in [0.1, 0.15) is 0 Å². The molecule has 29 heavy (non-hydrogen) atoms. The normalized spacial score (nSPS) is 12.6. The highest BCUT2D eigenvalue weighted by molar-refractivity contribution is 9.10. The lowest BCUT2D eigenvalue weighted by molar-refractivity contribution is 0.0948. The monoisotopic (exact) mass is 468 g/mol. The number of anilines is 1. The number of benzene rings is 3. The Kier molecular flexibility index (Phi) is 5.69. The van der Waals surface area contributed by atoms with Gasteiger partial charge in [0.25, 0.3) is 11.8 Å². The number of carbonyl (C=O) groups excluding carboxylic acids is 2. The van der Waals surface area contributed by atoms with Crippen molar-refractivity contribution >= 4 is 45.0 Å². The van der Waals surface area contributed by atoms with Crippen molar-refractivity contribution in [1.82, 2.24) is 5.32 Å². The molecule has 0 spiro atoms. The second-order valence-electron chi connectivity index (χ2n) is 6.84. The summed E-state index contributed by atoms with van der Waals surface area (Å²) in [6.45, 7) is 1.03. The Morgan fingerprint density at radius 2 is 1.79 bits per heavy atom. The number of halogens is 2. The van der Waals surface area contributed by atoms with E-state index in [-0.39, 0.29) is 11.8 Å². The highest BCUT2D eigenvalue weighted by Crippen LogP contribution is 2.30. The standard InChI is InChI=1S/C23H18BrClN2O2/c24-20-4-2-1-3-19(20)22(28)26-14-15-5-6-16-11-12-27(21(16)13-15)23(29)17-7-9-18(25)10-8-17/h1-10,13H,11-12,14H2,(H,26,28). The van der Waals surface area contributed by atoms with Crippen LogP contribution in [0.1, 0.15) is 31.8 Å². The Labute approximate surface area is 182 Å². The molecule has 0 atom stereocenters. The van der Waals surface area contributed by atoms with E-state index in [1.54, 1.807) is 35.2 Å². The zero-order valence-electron chi connectivity index (χ0n) is 15.5. The molecule has 0 unspecified atom stereocenters. The van der Waals surface area contributed by atoms with Crippen LogP contribution in [-0.4, -0.2) is 18.4 Å². The van der Waals surface area contributed by atoms with Gasteiger partial charge in [-0.3, -0.25) is 9.59 Å². The van der Waals surface area contributed by atoms with E-state index in [4.69, 9.17) is 11.6 Å². The van der Waals surface area contributed by atoms with Crippen molar-refractivity contribution in [2.45, 2.75) is 13.0 Å². The maximum Gasteiger partial charge on any atom is 0.258 e. The van der Waals surface area contributed by atoms with E-state index in [9.17, 15) is 9.59 Å². The van der Waals surface area contributed by atoms with Crippen molar-refractivity contribution in [3.8, 4) is 0 Å². The van der Waals surface area contributed by atoms with Gasteiger partial charge in [0.15, 0.2) is 0 Å². The summed E-state index contributed by atoms with van der Waals surface area (Å²) in [6, 6.07) is 20.2. The molecule has 0 saturated carbocycles. The average Bonchev–Trinajstić information content (AvgIpc) is 3.15. The van der Waals surface area contributed by atoms with Gasteiger partial charge in [-0.1, -0.05) is 35.9 Å². The third-order valence-electron chi connectivity index (χ3n) is 4.95. The van der Waals surface area contributed by atoms with Crippen LogP contribution in [0.25, 0.3) is 0 Å². The van der Waals surface area contributed by atoms with Crippen LogP contribution in [0.2, 0.25) is 5.02 Å². The number of nitrogens with one attached hydrogen (secondary N) is 1. The predicted octanol–water partition coefficient (Wildman–Crippen LogP) is 5.24. The number of amides is 2. The Bertz CT molecular complexity index is 1080. The minimum atomic E-state index is -0.146. The summed E-state index contributed by atoms with van der Waals surface area (Å²) in [4.78, 5) is 27.2. The molecular formula is C23H18BrClN2O2. The van der Waals surface area contributed by atoms with Crippen molar-refractivity contribution in [2.24, 2.45) is 0 Å². The van der Waals surface area contributed by atoms with Crippen molar-refractivity contribution < 1.29 is 9.59 Å². The van der Waals surface area contributed by atoms with Gasteiger partial charge in [-0.25, -0.2) is 0 Å². The van der Waals surface area contributed by atoms with Crippen LogP contribution in [0.4, 0.5) is 5.69 Å². The molecule has 1 aliphatic heterocycles. The number of rotatable bonds is 4. The molecule has 0 radical (unpaired) electrons. The van der Waals surface area contributed by atoms with Crippen LogP contribution >= 0.6 is 27.5 Å². The van der Waals surface area contributed by atoms with Crippen LogP contribution in [0.15, 0.2) is 71.2 Å². The van der Waals surface area contributed by atoms with E-state index in [0.29, 0.717) is 29.2 Å². The first kappa shape index (κ1) is 19.7. The van der Waals surface area contributed by atoms with Crippen molar-refractivity contribution in [1.29, 1.82) is 0 Å². The summed E-state index contributed by atoms with van der Waals surface area (Å²) in [7, 11) is 0. The topological polar surface area (TPSA) is 49.4 Å². The Morgan fingerprint density at radius 3 is 2.55 bits per heavy atom. The molecule has 0 saturated heterocycles. The number of hydrogen-bond acceptors (Lipinski definition) is 2. The first-order valence-corrected chi connectivity index (χ1v) is 10.4. The molecule has 4 nitrogen and oxygen atoms in total. The van der Waals surface area contributed by atoms with Crippen LogP contribution in [0.5, 0.6) is 0 Å². The smallest absolute Gasteiger partial charge is 0.258 e. The highest BCUT2D eigenvalue weighted by atomic mass is 79.9. The van der Waals surface area contributed by atoms with E-state index in [1.807, 2.05) is 36.4 Å². The fraction of sp³-hybridized carbons (Fsp3) is 0.130. The Balaban J connectivity index is 1.50. The number of nitrogens with zero attached hydrogens (tertiary/aromatic N) is 1. The first-order valence-electron chi connectivity index (χ1n) is 9.25. The van der Waals surface area contributed by atoms with Crippen LogP contribution in [-0.2, 0) is 13.0 Å². The number of carbonyl (C=O) groups is 2. The molecule has 4 rings (SSSR count). The lowest BCUT2D eigenvalue weighted by Crippen LogP contribution is -2.29. The van der Waals surface area contributed by atoms with Crippen molar-refractivity contribution in [3.63, 3.8) is 0 Å². The molecule has 0 fully saturated rings. The van der Waals surface area contributed by atoms with Gasteiger partial charge in [0.05, 0.1) is 5.56 Å². The molecule has 3 aromatic rings. The van der Waals surface area contributed by atoms with Gasteiger partial charge in [-0.15, -0.1) is 0 Å². The average molecular weight is 470 g/mol. The third-order valence-corrected chi connectivity index (χ3v) is 5.90. The maximum absolute atomic E-state index is 12.9. The minimum Gasteiger partial charge on any atom is -0.348 e. The van der Waals surface area contributed by atoms with Crippen LogP contribution < -0.4 is 10.2 Å². The van der Waals surface area contributed by atoms with E-state index < -0.39 is 0 Å². The van der Waals surface area contributed by atoms with Gasteiger partial charge < -0.3 is 10.2 Å². The molecule has 1 heterocycles. The van der Waals surface area contributed by atoms with Crippen molar-refractivity contribution in [2.75, 3.05) is 11.4 Å². The molecule has 3 aromatic carbocycles. The third kappa shape index (κ3) is 4.21. The summed E-state index contributed by atoms with van der Waals surface area (Å²) in [5, 5.41) is 3.55. The number of fused-ring (bicyclic) bond motifs is 1. The summed E-state index contributed by atoms with van der Waals surface area (Å²) < 4.78 is 0.756. The SMILES string of the molecule is O=C(NCc1ccc2c(c1)N(C(=O)c1ccc(Cl)cc1)CC2)c1ccccc1Br. The van der Waals surface area contributed by atoms with Crippen LogP contribution in [0, 0.1) is 0 Å². The van der Waals surface area contributed by atoms with Gasteiger partial charge in [0.2, 0.25) is 0 Å². The Morgan fingerprint density at radius 1 is 1.03 bits per heavy atom. The van der Waals surface area contributed by atoms with Gasteiger partial charge in [-0.05, 0) is 75.9 Å². The minimum absolute atomic E-state index is 0.0465. The Hall–Kier alpha value is -2.63. The zero-order valence-corrected chi connectivity index (χ0v) is 17.8. The molecular weight excluding hydrogens is 452 g/mol. The van der Waals surface area contributed by atoms with E-state index in [0.717, 1.165) is 27.7 Å².